The smallest absolute Gasteiger partial charge is 0.303 e. The average molecular weight is 523 g/mol. The van der Waals surface area contributed by atoms with E-state index < -0.39 is 25.9 Å². The van der Waals surface area contributed by atoms with Gasteiger partial charge in [0.15, 0.2) is 9.84 Å². The van der Waals surface area contributed by atoms with Gasteiger partial charge in [0.05, 0.1) is 16.5 Å². The van der Waals surface area contributed by atoms with Crippen molar-refractivity contribution in [1.29, 1.82) is 5.26 Å². The zero-order valence-corrected chi connectivity index (χ0v) is 21.3. The van der Waals surface area contributed by atoms with E-state index in [1.807, 2.05) is 4.90 Å². The highest BCUT2D eigenvalue weighted by molar-refractivity contribution is 8.03. The van der Waals surface area contributed by atoms with Gasteiger partial charge in [-0.05, 0) is 31.4 Å². The number of carboxylic acids is 1. The molecule has 9 nitrogen and oxygen atoms in total. The van der Waals surface area contributed by atoms with Gasteiger partial charge in [0.1, 0.15) is 11.0 Å². The molecule has 1 heterocycles. The SMILES string of the molecule is N#C/C(=C/C=C1/SCCN1CCCS(=O)(=O)O)S(=O)(=O)CCCCCCCCCCC(=O)O. The van der Waals surface area contributed by atoms with Gasteiger partial charge in [-0.15, -0.1) is 11.8 Å². The van der Waals surface area contributed by atoms with Gasteiger partial charge in [0.2, 0.25) is 0 Å². The van der Waals surface area contributed by atoms with E-state index >= 15 is 0 Å². The molecule has 0 amide bonds. The number of rotatable bonds is 17. The number of thioether (sulfide) groups is 1. The fourth-order valence-electron chi connectivity index (χ4n) is 3.37. The second kappa shape index (κ2) is 15.4. The predicted octanol–water partition coefficient (Wildman–Crippen LogP) is 3.57. The molecule has 188 valence electrons. The maximum atomic E-state index is 12.5. The minimum absolute atomic E-state index is 0.0839. The fourth-order valence-corrected chi connectivity index (χ4v) is 6.13. The van der Waals surface area contributed by atoms with Crippen molar-refractivity contribution in [2.24, 2.45) is 0 Å². The summed E-state index contributed by atoms with van der Waals surface area (Å²) >= 11 is 1.50. The van der Waals surface area contributed by atoms with Crippen molar-refractivity contribution in [2.45, 2.75) is 64.2 Å². The molecule has 0 aromatic carbocycles. The fraction of sp³-hybridized carbons (Fsp3) is 0.714. The maximum Gasteiger partial charge on any atom is 0.303 e. The van der Waals surface area contributed by atoms with Gasteiger partial charge < -0.3 is 10.0 Å². The van der Waals surface area contributed by atoms with Gasteiger partial charge in [0.25, 0.3) is 10.1 Å². The number of carboxylic acid groups (broad SMARTS) is 1. The summed E-state index contributed by atoms with van der Waals surface area (Å²) in [7, 11) is -7.68. The van der Waals surface area contributed by atoms with Crippen molar-refractivity contribution < 1.29 is 31.3 Å². The molecule has 0 radical (unpaired) electrons. The van der Waals surface area contributed by atoms with Gasteiger partial charge >= 0.3 is 5.97 Å². The molecule has 0 aromatic heterocycles. The first-order valence-electron chi connectivity index (χ1n) is 11.1. The molecule has 0 aliphatic carbocycles. The summed E-state index contributed by atoms with van der Waals surface area (Å²) in [4.78, 5) is 12.1. The van der Waals surface area contributed by atoms with Crippen LogP contribution in [0, 0.1) is 11.3 Å². The van der Waals surface area contributed by atoms with Gasteiger partial charge in [-0.1, -0.05) is 38.5 Å². The number of hydrogen-bond donors (Lipinski definition) is 2. The third kappa shape index (κ3) is 13.7. The first-order valence-corrected chi connectivity index (χ1v) is 15.4. The summed E-state index contributed by atoms with van der Waals surface area (Å²) in [6, 6.07) is 1.78. The van der Waals surface area contributed by atoms with Crippen LogP contribution < -0.4 is 0 Å². The average Bonchev–Trinajstić information content (AvgIpc) is 3.15. The normalized spacial score (nSPS) is 16.3. The van der Waals surface area contributed by atoms with E-state index in [2.05, 4.69) is 0 Å². The number of carbonyl (C=O) groups is 1. The molecule has 0 aromatic rings. The Labute approximate surface area is 201 Å². The standard InChI is InChI=1S/C21H34N2O7S3/c22-18-19(11-12-20-23(14-15-31-20)13-9-17-33(28,29)30)32(26,27)16-8-6-4-2-1-3-5-7-10-21(24)25/h11-12H,1-10,13-17H2,(H,24,25)(H,28,29,30)/b19-11-,20-12+. The Morgan fingerprint density at radius 3 is 2.18 bits per heavy atom. The van der Waals surface area contributed by atoms with Crippen LogP contribution in [0.2, 0.25) is 0 Å². The van der Waals surface area contributed by atoms with Crippen molar-refractivity contribution in [3.05, 3.63) is 22.1 Å². The predicted molar refractivity (Wildman–Crippen MR) is 130 cm³/mol. The van der Waals surface area contributed by atoms with Crippen LogP contribution in [0.5, 0.6) is 0 Å². The largest absolute Gasteiger partial charge is 0.481 e. The van der Waals surface area contributed by atoms with Crippen LogP contribution >= 0.6 is 11.8 Å². The summed E-state index contributed by atoms with van der Waals surface area (Å²) < 4.78 is 55.6. The Balaban J connectivity index is 2.42. The topological polar surface area (TPSA) is 153 Å². The van der Waals surface area contributed by atoms with E-state index in [1.165, 1.54) is 17.8 Å². The molecule has 12 heteroatoms. The molecule has 1 rings (SSSR count). The second-order valence-electron chi connectivity index (χ2n) is 7.91. The van der Waals surface area contributed by atoms with Crippen LogP contribution in [0.1, 0.15) is 64.2 Å². The number of aliphatic carboxylic acids is 1. The molecule has 1 fully saturated rings. The van der Waals surface area contributed by atoms with Crippen molar-refractivity contribution >= 4 is 37.7 Å². The Morgan fingerprint density at radius 2 is 1.61 bits per heavy atom. The number of nitriles is 1. The highest BCUT2D eigenvalue weighted by Crippen LogP contribution is 2.28. The molecule has 0 spiro atoms. The molecule has 0 unspecified atom stereocenters. The van der Waals surface area contributed by atoms with Gasteiger partial charge in [-0.3, -0.25) is 9.35 Å². The Morgan fingerprint density at radius 1 is 1.00 bits per heavy atom. The van der Waals surface area contributed by atoms with Gasteiger partial charge in [-0.25, -0.2) is 8.42 Å². The number of hydrogen-bond acceptors (Lipinski definition) is 8. The maximum absolute atomic E-state index is 12.5. The van der Waals surface area contributed by atoms with E-state index in [4.69, 9.17) is 9.66 Å². The van der Waals surface area contributed by atoms with E-state index in [1.54, 1.807) is 12.1 Å². The van der Waals surface area contributed by atoms with E-state index in [0.717, 1.165) is 49.3 Å². The Kier molecular flexibility index (Phi) is 13.7. The molecule has 1 saturated heterocycles. The molecular weight excluding hydrogens is 488 g/mol. The van der Waals surface area contributed by atoms with Crippen LogP contribution in [0.4, 0.5) is 0 Å². The van der Waals surface area contributed by atoms with Crippen LogP contribution in [0.25, 0.3) is 0 Å². The lowest BCUT2D eigenvalue weighted by Crippen LogP contribution is -2.21. The lowest BCUT2D eigenvalue weighted by molar-refractivity contribution is -0.137. The quantitative estimate of drug-likeness (QED) is 0.165. The molecule has 2 N–H and O–H groups in total. The van der Waals surface area contributed by atoms with Crippen LogP contribution in [-0.4, -0.2) is 67.7 Å². The molecule has 0 saturated carbocycles. The highest BCUT2D eigenvalue weighted by Gasteiger charge is 2.20. The minimum Gasteiger partial charge on any atom is -0.481 e. The zero-order valence-electron chi connectivity index (χ0n) is 18.8. The lowest BCUT2D eigenvalue weighted by atomic mass is 10.1. The van der Waals surface area contributed by atoms with E-state index in [0.29, 0.717) is 25.9 Å². The van der Waals surface area contributed by atoms with E-state index in [9.17, 15) is 26.9 Å². The molecular formula is C21H34N2O7S3. The first-order chi connectivity index (χ1) is 15.5. The van der Waals surface area contributed by atoms with Crippen LogP contribution in [0.15, 0.2) is 22.1 Å². The monoisotopic (exact) mass is 522 g/mol. The number of allylic oxidation sites excluding steroid dienone is 3. The summed E-state index contributed by atoms with van der Waals surface area (Å²) in [5.41, 5.74) is 0. The minimum atomic E-state index is -4.01. The van der Waals surface area contributed by atoms with Gasteiger partial charge in [0, 0.05) is 25.3 Å². The first kappa shape index (κ1) is 29.5. The molecule has 33 heavy (non-hydrogen) atoms. The third-order valence-electron chi connectivity index (χ3n) is 5.13. The molecule has 0 atom stereocenters. The summed E-state index contributed by atoms with van der Waals surface area (Å²) in [6.45, 7) is 1.10. The van der Waals surface area contributed by atoms with Crippen molar-refractivity contribution in [3.8, 4) is 6.07 Å². The zero-order chi connectivity index (χ0) is 24.7. The van der Waals surface area contributed by atoms with Crippen LogP contribution in [0.3, 0.4) is 0 Å². The Bertz CT molecular complexity index is 935. The van der Waals surface area contributed by atoms with E-state index in [-0.39, 0.29) is 29.3 Å². The third-order valence-corrected chi connectivity index (χ3v) is 8.73. The van der Waals surface area contributed by atoms with Gasteiger partial charge in [-0.2, -0.15) is 13.7 Å². The molecule has 1 aliphatic heterocycles. The van der Waals surface area contributed by atoms with Crippen molar-refractivity contribution in [3.63, 3.8) is 0 Å². The highest BCUT2D eigenvalue weighted by atomic mass is 32.2. The van der Waals surface area contributed by atoms with Crippen molar-refractivity contribution in [1.82, 2.24) is 4.90 Å². The summed E-state index contributed by atoms with van der Waals surface area (Å²) in [5, 5.41) is 18.7. The molecule has 1 aliphatic rings. The van der Waals surface area contributed by atoms with Crippen LogP contribution in [-0.2, 0) is 24.7 Å². The number of sulfone groups is 1. The second-order valence-corrected chi connectivity index (χ2v) is 12.7. The van der Waals surface area contributed by atoms with Crippen molar-refractivity contribution in [2.75, 3.05) is 30.3 Å². The molecule has 0 bridgehead atoms. The lowest BCUT2D eigenvalue weighted by Gasteiger charge is -2.18. The summed E-state index contributed by atoms with van der Waals surface area (Å²) in [6.07, 6.45) is 10.0. The Hall–Kier alpha value is -1.55. The number of nitrogens with zero attached hydrogens (tertiary/aromatic N) is 2. The summed E-state index contributed by atoms with van der Waals surface area (Å²) in [5.74, 6) is -0.410. The number of unbranched alkanes of at least 4 members (excludes halogenated alkanes) is 7.